The minimum absolute atomic E-state index is 0.679. The lowest BCUT2D eigenvalue weighted by Crippen LogP contribution is -2.02. The molecule has 0 spiro atoms. The van der Waals surface area contributed by atoms with Gasteiger partial charge in [0.2, 0.25) is 0 Å². The smallest absolute Gasteiger partial charge is 0.134 e. The van der Waals surface area contributed by atoms with Crippen molar-refractivity contribution in [3.8, 4) is 0 Å². The van der Waals surface area contributed by atoms with Gasteiger partial charge in [-0.25, -0.2) is 9.97 Å². The third kappa shape index (κ3) is 2.09. The van der Waals surface area contributed by atoms with Gasteiger partial charge in [0.15, 0.2) is 0 Å². The van der Waals surface area contributed by atoms with Crippen molar-refractivity contribution in [3.05, 3.63) is 53.2 Å². The molecule has 0 aliphatic rings. The lowest BCUT2D eigenvalue weighted by molar-refractivity contribution is 1.06. The van der Waals surface area contributed by atoms with Gasteiger partial charge in [0.25, 0.3) is 0 Å². The van der Waals surface area contributed by atoms with Crippen molar-refractivity contribution >= 4 is 32.5 Å². The number of benzene rings is 1. The number of anilines is 1. The number of fused-ring (bicyclic) bond motifs is 1. The van der Waals surface area contributed by atoms with E-state index in [1.807, 2.05) is 24.4 Å². The molecule has 0 aliphatic carbocycles. The molecule has 0 saturated heterocycles. The first-order chi connectivity index (χ1) is 8.84. The van der Waals surface area contributed by atoms with Crippen LogP contribution < -0.4 is 5.32 Å². The van der Waals surface area contributed by atoms with E-state index >= 15 is 0 Å². The molecule has 0 fully saturated rings. The monoisotopic (exact) mass is 302 g/mol. The van der Waals surface area contributed by atoms with Crippen LogP contribution in [0, 0.1) is 0 Å². The normalized spacial score (nSPS) is 10.7. The molecule has 90 valence electrons. The maximum absolute atomic E-state index is 4.38. The Morgan fingerprint density at radius 3 is 3.00 bits per heavy atom. The van der Waals surface area contributed by atoms with Gasteiger partial charge < -0.3 is 10.3 Å². The largest absolute Gasteiger partial charge is 0.364 e. The molecule has 0 atom stereocenters. The van der Waals surface area contributed by atoms with Crippen LogP contribution in [0.3, 0.4) is 0 Å². The number of nitrogens with one attached hydrogen (secondary N) is 2. The van der Waals surface area contributed by atoms with Gasteiger partial charge >= 0.3 is 0 Å². The van der Waals surface area contributed by atoms with E-state index in [0.29, 0.717) is 6.54 Å². The molecule has 0 aliphatic heterocycles. The zero-order valence-corrected chi connectivity index (χ0v) is 11.1. The average molecular weight is 303 g/mol. The fraction of sp³-hybridized carbons (Fsp3) is 0.0769. The molecule has 3 aromatic rings. The van der Waals surface area contributed by atoms with Gasteiger partial charge in [0, 0.05) is 27.6 Å². The van der Waals surface area contributed by atoms with Crippen LogP contribution in [-0.4, -0.2) is 15.0 Å². The van der Waals surface area contributed by atoms with Crippen molar-refractivity contribution in [2.45, 2.75) is 6.54 Å². The van der Waals surface area contributed by atoms with Gasteiger partial charge in [0.1, 0.15) is 5.82 Å². The van der Waals surface area contributed by atoms with E-state index in [1.165, 1.54) is 0 Å². The Labute approximate surface area is 113 Å². The SMILES string of the molecule is Brc1cccc2c(NCc3cnc[nH]3)nccc12. The summed E-state index contributed by atoms with van der Waals surface area (Å²) in [6, 6.07) is 8.10. The predicted octanol–water partition coefficient (Wildman–Crippen LogP) is 3.33. The molecule has 0 radical (unpaired) electrons. The highest BCUT2D eigenvalue weighted by molar-refractivity contribution is 9.10. The Morgan fingerprint density at radius 2 is 2.17 bits per heavy atom. The molecule has 0 amide bonds. The van der Waals surface area contributed by atoms with Crippen LogP contribution in [0.15, 0.2) is 47.5 Å². The average Bonchev–Trinajstić information content (AvgIpc) is 2.90. The fourth-order valence-electron chi connectivity index (χ4n) is 1.87. The first kappa shape index (κ1) is 11.2. The number of pyridine rings is 1. The first-order valence-electron chi connectivity index (χ1n) is 5.59. The Morgan fingerprint density at radius 1 is 1.22 bits per heavy atom. The van der Waals surface area contributed by atoms with Gasteiger partial charge in [-0.15, -0.1) is 0 Å². The molecule has 0 saturated carbocycles. The summed E-state index contributed by atoms with van der Waals surface area (Å²) in [6.07, 6.45) is 5.28. The summed E-state index contributed by atoms with van der Waals surface area (Å²) in [7, 11) is 0. The standard InChI is InChI=1S/C13H11BrN4/c14-12-3-1-2-11-10(12)4-5-16-13(11)17-7-9-6-15-8-18-9/h1-6,8H,7H2,(H,15,18)(H,16,17). The van der Waals surface area contributed by atoms with Crippen LogP contribution in [-0.2, 0) is 6.54 Å². The lowest BCUT2D eigenvalue weighted by atomic mass is 10.1. The van der Waals surface area contributed by atoms with E-state index in [2.05, 4.69) is 42.3 Å². The van der Waals surface area contributed by atoms with Gasteiger partial charge in [-0.05, 0) is 12.1 Å². The van der Waals surface area contributed by atoms with Gasteiger partial charge in [0.05, 0.1) is 18.6 Å². The summed E-state index contributed by atoms with van der Waals surface area (Å²) >= 11 is 3.55. The number of aromatic nitrogens is 3. The number of aromatic amines is 1. The highest BCUT2D eigenvalue weighted by atomic mass is 79.9. The van der Waals surface area contributed by atoms with Crippen LogP contribution in [0.1, 0.15) is 5.69 Å². The second-order valence-electron chi connectivity index (χ2n) is 3.92. The number of hydrogen-bond acceptors (Lipinski definition) is 3. The highest BCUT2D eigenvalue weighted by Gasteiger charge is 2.04. The van der Waals surface area contributed by atoms with E-state index in [9.17, 15) is 0 Å². The highest BCUT2D eigenvalue weighted by Crippen LogP contribution is 2.27. The number of imidazole rings is 1. The molecule has 2 N–H and O–H groups in total. The summed E-state index contributed by atoms with van der Waals surface area (Å²) in [4.78, 5) is 11.4. The molecule has 2 heterocycles. The molecule has 5 heteroatoms. The molecule has 2 aromatic heterocycles. The second kappa shape index (κ2) is 4.78. The number of H-pyrrole nitrogens is 1. The van der Waals surface area contributed by atoms with E-state index in [1.54, 1.807) is 12.5 Å². The minimum Gasteiger partial charge on any atom is -0.364 e. The number of nitrogens with zero attached hydrogens (tertiary/aromatic N) is 2. The summed E-state index contributed by atoms with van der Waals surface area (Å²) in [5.74, 6) is 0.878. The number of hydrogen-bond donors (Lipinski definition) is 2. The molecule has 0 bridgehead atoms. The van der Waals surface area contributed by atoms with Crippen LogP contribution in [0.2, 0.25) is 0 Å². The Kier molecular flexibility index (Phi) is 2.98. The summed E-state index contributed by atoms with van der Waals surface area (Å²) in [5, 5.41) is 5.57. The van der Waals surface area contributed by atoms with Crippen molar-refractivity contribution < 1.29 is 0 Å². The zero-order valence-electron chi connectivity index (χ0n) is 9.52. The van der Waals surface area contributed by atoms with Gasteiger partial charge in [-0.2, -0.15) is 0 Å². The first-order valence-corrected chi connectivity index (χ1v) is 6.38. The maximum atomic E-state index is 4.38. The summed E-state index contributed by atoms with van der Waals surface area (Å²) in [6.45, 7) is 0.679. The Hall–Kier alpha value is -1.88. The molecular weight excluding hydrogens is 292 g/mol. The Balaban J connectivity index is 1.94. The van der Waals surface area contributed by atoms with Crippen LogP contribution in [0.5, 0.6) is 0 Å². The molecular formula is C13H11BrN4. The molecule has 3 rings (SSSR count). The van der Waals surface area contributed by atoms with Crippen molar-refractivity contribution in [2.75, 3.05) is 5.32 Å². The fourth-order valence-corrected chi connectivity index (χ4v) is 2.37. The molecule has 4 nitrogen and oxygen atoms in total. The quantitative estimate of drug-likeness (QED) is 0.780. The third-order valence-corrected chi connectivity index (χ3v) is 3.45. The molecule has 18 heavy (non-hydrogen) atoms. The van der Waals surface area contributed by atoms with Crippen molar-refractivity contribution in [1.82, 2.24) is 15.0 Å². The predicted molar refractivity (Wildman–Crippen MR) is 75.4 cm³/mol. The number of rotatable bonds is 3. The molecule has 1 aromatic carbocycles. The topological polar surface area (TPSA) is 53.6 Å². The van der Waals surface area contributed by atoms with Gasteiger partial charge in [-0.1, -0.05) is 28.1 Å². The van der Waals surface area contributed by atoms with Crippen molar-refractivity contribution in [2.24, 2.45) is 0 Å². The minimum atomic E-state index is 0.679. The van der Waals surface area contributed by atoms with E-state index < -0.39 is 0 Å². The lowest BCUT2D eigenvalue weighted by Gasteiger charge is -2.08. The second-order valence-corrected chi connectivity index (χ2v) is 4.78. The van der Waals surface area contributed by atoms with Crippen LogP contribution in [0.25, 0.3) is 10.8 Å². The number of halogens is 1. The van der Waals surface area contributed by atoms with Crippen LogP contribution in [0.4, 0.5) is 5.82 Å². The van der Waals surface area contributed by atoms with E-state index in [0.717, 1.165) is 26.8 Å². The van der Waals surface area contributed by atoms with Gasteiger partial charge in [-0.3, -0.25) is 0 Å². The van der Waals surface area contributed by atoms with E-state index in [-0.39, 0.29) is 0 Å². The van der Waals surface area contributed by atoms with E-state index in [4.69, 9.17) is 0 Å². The zero-order chi connectivity index (χ0) is 12.4. The molecule has 0 unspecified atom stereocenters. The Bertz CT molecular complexity index is 664. The third-order valence-electron chi connectivity index (χ3n) is 2.75. The summed E-state index contributed by atoms with van der Waals surface area (Å²) in [5.41, 5.74) is 1.03. The van der Waals surface area contributed by atoms with Crippen molar-refractivity contribution in [1.29, 1.82) is 0 Å². The summed E-state index contributed by atoms with van der Waals surface area (Å²) < 4.78 is 1.08. The maximum Gasteiger partial charge on any atom is 0.134 e. The van der Waals surface area contributed by atoms with Crippen molar-refractivity contribution in [3.63, 3.8) is 0 Å². The van der Waals surface area contributed by atoms with Crippen LogP contribution >= 0.6 is 15.9 Å².